The van der Waals surface area contributed by atoms with Crippen molar-refractivity contribution in [2.24, 2.45) is 0 Å². The fourth-order valence-electron chi connectivity index (χ4n) is 1.66. The summed E-state index contributed by atoms with van der Waals surface area (Å²) in [7, 11) is -1.43. The molecule has 0 radical (unpaired) electrons. The maximum absolute atomic E-state index is 9.33. The zero-order valence-electron chi connectivity index (χ0n) is 8.69. The Labute approximate surface area is 90.7 Å². The first kappa shape index (κ1) is 11.8. The van der Waals surface area contributed by atoms with Crippen molar-refractivity contribution in [3.8, 4) is 0 Å². The number of hydrogen-bond donors (Lipinski definition) is 2. The second-order valence-corrected chi connectivity index (χ2v) is 3.35. The van der Waals surface area contributed by atoms with Gasteiger partial charge in [0.1, 0.15) is 0 Å². The molecule has 1 aromatic carbocycles. The van der Waals surface area contributed by atoms with Crippen molar-refractivity contribution in [3.63, 3.8) is 0 Å². The highest BCUT2D eigenvalue weighted by Gasteiger charge is 2.18. The van der Waals surface area contributed by atoms with Gasteiger partial charge in [0.2, 0.25) is 0 Å². The maximum Gasteiger partial charge on any atom is 0.489 e. The summed E-state index contributed by atoms with van der Waals surface area (Å²) in [5.74, 6) is 0. The normalized spacial score (nSPS) is 9.73. The molecule has 15 heavy (non-hydrogen) atoms. The Bertz CT molecular complexity index is 330. The van der Waals surface area contributed by atoms with Crippen molar-refractivity contribution in [1.82, 2.24) is 0 Å². The van der Waals surface area contributed by atoms with E-state index in [1.54, 1.807) is 12.2 Å². The lowest BCUT2D eigenvalue weighted by molar-refractivity contribution is 0.425. The van der Waals surface area contributed by atoms with Gasteiger partial charge in [-0.05, 0) is 29.4 Å². The summed E-state index contributed by atoms with van der Waals surface area (Å²) in [4.78, 5) is 0. The van der Waals surface area contributed by atoms with Crippen LogP contribution in [0, 0.1) is 0 Å². The van der Waals surface area contributed by atoms with Crippen LogP contribution in [0.5, 0.6) is 0 Å². The number of rotatable bonds is 5. The van der Waals surface area contributed by atoms with Crippen LogP contribution in [-0.2, 0) is 12.8 Å². The van der Waals surface area contributed by atoms with Gasteiger partial charge in [0.25, 0.3) is 0 Å². The molecular formula is C12H15BO2. The van der Waals surface area contributed by atoms with E-state index in [2.05, 4.69) is 13.2 Å². The first-order valence-corrected chi connectivity index (χ1v) is 4.89. The lowest BCUT2D eigenvalue weighted by atomic mass is 9.72. The van der Waals surface area contributed by atoms with Crippen LogP contribution in [0.4, 0.5) is 0 Å². The quantitative estimate of drug-likeness (QED) is 0.548. The smallest absolute Gasteiger partial charge is 0.423 e. The first-order chi connectivity index (χ1) is 7.20. The third-order valence-electron chi connectivity index (χ3n) is 2.27. The molecule has 0 unspecified atom stereocenters. The number of benzene rings is 1. The predicted molar refractivity (Wildman–Crippen MR) is 64.1 cm³/mol. The Balaban J connectivity index is 3.20. The van der Waals surface area contributed by atoms with Gasteiger partial charge in [-0.2, -0.15) is 0 Å². The Kier molecular flexibility index (Phi) is 4.34. The van der Waals surface area contributed by atoms with Gasteiger partial charge < -0.3 is 10.0 Å². The Morgan fingerprint density at radius 3 is 1.87 bits per heavy atom. The van der Waals surface area contributed by atoms with Gasteiger partial charge in [-0.15, -0.1) is 13.2 Å². The minimum absolute atomic E-state index is 0.581. The molecule has 0 amide bonds. The molecule has 0 saturated carbocycles. The van der Waals surface area contributed by atoms with E-state index in [4.69, 9.17) is 0 Å². The van der Waals surface area contributed by atoms with E-state index < -0.39 is 7.12 Å². The average molecular weight is 202 g/mol. The minimum atomic E-state index is -1.43. The van der Waals surface area contributed by atoms with Crippen LogP contribution < -0.4 is 5.46 Å². The summed E-state index contributed by atoms with van der Waals surface area (Å²) in [6.07, 6.45) is 4.77. The zero-order valence-corrected chi connectivity index (χ0v) is 8.69. The van der Waals surface area contributed by atoms with Gasteiger partial charge in [0.15, 0.2) is 0 Å². The molecule has 0 saturated heterocycles. The molecule has 3 heteroatoms. The molecule has 1 aromatic rings. The second-order valence-electron chi connectivity index (χ2n) is 3.35. The van der Waals surface area contributed by atoms with Crippen molar-refractivity contribution in [3.05, 3.63) is 54.6 Å². The molecule has 1 rings (SSSR count). The van der Waals surface area contributed by atoms with Gasteiger partial charge in [-0.1, -0.05) is 30.4 Å². The Morgan fingerprint density at radius 2 is 1.53 bits per heavy atom. The molecule has 0 aliphatic carbocycles. The standard InChI is InChI=1S/C12H15BO2/c1-3-6-10-8-5-9-11(7-4-2)12(10)13(14)15/h3-5,8-9,14-15H,1-2,6-7H2. The summed E-state index contributed by atoms with van der Waals surface area (Å²) >= 11 is 0. The van der Waals surface area contributed by atoms with Gasteiger partial charge in [-0.3, -0.25) is 0 Å². The number of allylic oxidation sites excluding steroid dienone is 2. The van der Waals surface area contributed by atoms with Crippen molar-refractivity contribution < 1.29 is 10.0 Å². The van der Waals surface area contributed by atoms with Gasteiger partial charge in [0.05, 0.1) is 0 Å². The van der Waals surface area contributed by atoms with Crippen LogP contribution in [-0.4, -0.2) is 17.2 Å². The minimum Gasteiger partial charge on any atom is -0.423 e. The van der Waals surface area contributed by atoms with Crippen molar-refractivity contribution in [1.29, 1.82) is 0 Å². The Hall–Kier alpha value is -1.32. The summed E-state index contributed by atoms with van der Waals surface area (Å²) in [5.41, 5.74) is 2.39. The van der Waals surface area contributed by atoms with Crippen molar-refractivity contribution in [2.75, 3.05) is 0 Å². The van der Waals surface area contributed by atoms with E-state index in [1.165, 1.54) is 0 Å². The summed E-state index contributed by atoms with van der Waals surface area (Å²) in [6.45, 7) is 7.30. The largest absolute Gasteiger partial charge is 0.489 e. The van der Waals surface area contributed by atoms with E-state index >= 15 is 0 Å². The van der Waals surface area contributed by atoms with Gasteiger partial charge >= 0.3 is 7.12 Å². The van der Waals surface area contributed by atoms with Crippen LogP contribution >= 0.6 is 0 Å². The molecule has 0 aliphatic heterocycles. The van der Waals surface area contributed by atoms with Crippen LogP contribution in [0.15, 0.2) is 43.5 Å². The Morgan fingerprint density at radius 1 is 1.07 bits per heavy atom. The van der Waals surface area contributed by atoms with Crippen LogP contribution in [0.1, 0.15) is 11.1 Å². The third kappa shape index (κ3) is 2.81. The monoisotopic (exact) mass is 202 g/mol. The lowest BCUT2D eigenvalue weighted by Gasteiger charge is -2.11. The molecule has 0 bridgehead atoms. The van der Waals surface area contributed by atoms with E-state index in [0.29, 0.717) is 18.3 Å². The fraction of sp³-hybridized carbons (Fsp3) is 0.167. The van der Waals surface area contributed by atoms with Gasteiger partial charge in [-0.25, -0.2) is 0 Å². The highest BCUT2D eigenvalue weighted by atomic mass is 16.4. The van der Waals surface area contributed by atoms with Crippen LogP contribution in [0.2, 0.25) is 0 Å². The third-order valence-corrected chi connectivity index (χ3v) is 2.27. The van der Waals surface area contributed by atoms with E-state index in [-0.39, 0.29) is 0 Å². The second kappa shape index (κ2) is 5.54. The molecule has 0 aromatic heterocycles. The summed E-state index contributed by atoms with van der Waals surface area (Å²) < 4.78 is 0. The summed E-state index contributed by atoms with van der Waals surface area (Å²) in [5, 5.41) is 18.7. The predicted octanol–water partition coefficient (Wildman–Crippen LogP) is 0.823. The SMILES string of the molecule is C=CCc1cccc(CC=C)c1B(O)O. The van der Waals surface area contributed by atoms with Crippen LogP contribution in [0.3, 0.4) is 0 Å². The molecule has 0 fully saturated rings. The highest BCUT2D eigenvalue weighted by Crippen LogP contribution is 2.06. The molecule has 0 heterocycles. The van der Waals surface area contributed by atoms with Crippen molar-refractivity contribution in [2.45, 2.75) is 12.8 Å². The first-order valence-electron chi connectivity index (χ1n) is 4.89. The molecular weight excluding hydrogens is 187 g/mol. The van der Waals surface area contributed by atoms with E-state index in [9.17, 15) is 10.0 Å². The van der Waals surface area contributed by atoms with E-state index in [1.807, 2.05) is 18.2 Å². The lowest BCUT2D eigenvalue weighted by Crippen LogP contribution is -2.36. The average Bonchev–Trinajstić information content (AvgIpc) is 2.18. The van der Waals surface area contributed by atoms with Gasteiger partial charge in [0, 0.05) is 0 Å². The molecule has 0 atom stereocenters. The molecule has 0 aliphatic rings. The van der Waals surface area contributed by atoms with Crippen LogP contribution in [0.25, 0.3) is 0 Å². The van der Waals surface area contributed by atoms with E-state index in [0.717, 1.165) is 11.1 Å². The number of hydrogen-bond acceptors (Lipinski definition) is 2. The molecule has 0 spiro atoms. The maximum atomic E-state index is 9.33. The zero-order chi connectivity index (χ0) is 11.3. The highest BCUT2D eigenvalue weighted by molar-refractivity contribution is 6.59. The molecule has 2 N–H and O–H groups in total. The van der Waals surface area contributed by atoms with Crippen molar-refractivity contribution >= 4 is 12.6 Å². The topological polar surface area (TPSA) is 40.5 Å². The summed E-state index contributed by atoms with van der Waals surface area (Å²) in [6, 6.07) is 5.66. The molecule has 2 nitrogen and oxygen atoms in total. The fourth-order valence-corrected chi connectivity index (χ4v) is 1.66. The molecule has 78 valence electrons.